The molecular formula is C14H16N4O3. The van der Waals surface area contributed by atoms with Crippen molar-refractivity contribution in [1.82, 2.24) is 10.3 Å². The van der Waals surface area contributed by atoms with Crippen LogP contribution in [0.5, 0.6) is 0 Å². The Morgan fingerprint density at radius 2 is 2.14 bits per heavy atom. The van der Waals surface area contributed by atoms with Crippen molar-refractivity contribution in [3.05, 3.63) is 40.4 Å². The highest BCUT2D eigenvalue weighted by Crippen LogP contribution is 2.20. The third kappa shape index (κ3) is 3.88. The van der Waals surface area contributed by atoms with Crippen LogP contribution in [0.1, 0.15) is 13.3 Å². The van der Waals surface area contributed by atoms with Gasteiger partial charge in [-0.05, 0) is 25.1 Å². The van der Waals surface area contributed by atoms with Gasteiger partial charge in [-0.3, -0.25) is 14.9 Å². The lowest BCUT2D eigenvalue weighted by molar-refractivity contribution is -0.384. The number of fused-ring (bicyclic) bond motifs is 1. The zero-order valence-corrected chi connectivity index (χ0v) is 11.6. The minimum absolute atomic E-state index is 0.0126. The quantitative estimate of drug-likeness (QED) is 0.626. The second-order valence-electron chi connectivity index (χ2n) is 4.46. The van der Waals surface area contributed by atoms with Crippen LogP contribution in [-0.4, -0.2) is 28.9 Å². The number of pyridine rings is 1. The van der Waals surface area contributed by atoms with E-state index in [0.717, 1.165) is 0 Å². The average molecular weight is 288 g/mol. The molecule has 2 aromatic rings. The molecule has 110 valence electrons. The van der Waals surface area contributed by atoms with Crippen LogP contribution >= 0.6 is 0 Å². The van der Waals surface area contributed by atoms with Gasteiger partial charge in [0, 0.05) is 37.0 Å². The number of carbonyl (C=O) groups is 1. The van der Waals surface area contributed by atoms with E-state index < -0.39 is 4.92 Å². The summed E-state index contributed by atoms with van der Waals surface area (Å²) in [6.07, 6.45) is 0.369. The summed E-state index contributed by atoms with van der Waals surface area (Å²) in [5.41, 5.74) is 0.713. The number of nitrogens with one attached hydrogen (secondary N) is 2. The summed E-state index contributed by atoms with van der Waals surface area (Å²) in [6, 6.07) is 8.03. The van der Waals surface area contributed by atoms with Gasteiger partial charge in [-0.1, -0.05) is 0 Å². The number of carbonyl (C=O) groups excluding carboxylic acids is 1. The van der Waals surface area contributed by atoms with Gasteiger partial charge in [0.05, 0.1) is 10.4 Å². The Labute approximate surface area is 121 Å². The van der Waals surface area contributed by atoms with Crippen LogP contribution in [0.4, 0.5) is 11.5 Å². The van der Waals surface area contributed by atoms with E-state index in [9.17, 15) is 14.9 Å². The van der Waals surface area contributed by atoms with Crippen molar-refractivity contribution in [2.45, 2.75) is 13.3 Å². The third-order valence-electron chi connectivity index (χ3n) is 2.92. The first-order valence-electron chi connectivity index (χ1n) is 6.66. The standard InChI is InChI=1S/C14H16N4O3/c1-2-15-14(19)7-8-16-13-6-3-10-9-11(18(20)21)4-5-12(10)17-13/h3-6,9H,2,7-8H2,1H3,(H,15,19)(H,16,17). The van der Waals surface area contributed by atoms with Crippen LogP contribution in [0.15, 0.2) is 30.3 Å². The lowest BCUT2D eigenvalue weighted by atomic mass is 10.2. The molecule has 2 N–H and O–H groups in total. The first-order valence-corrected chi connectivity index (χ1v) is 6.66. The largest absolute Gasteiger partial charge is 0.370 e. The lowest BCUT2D eigenvalue weighted by Gasteiger charge is -2.06. The monoisotopic (exact) mass is 288 g/mol. The van der Waals surface area contributed by atoms with Crippen LogP contribution in [0.3, 0.4) is 0 Å². The molecule has 0 bridgehead atoms. The van der Waals surface area contributed by atoms with E-state index in [2.05, 4.69) is 15.6 Å². The Balaban J connectivity index is 2.04. The zero-order chi connectivity index (χ0) is 15.2. The summed E-state index contributed by atoms with van der Waals surface area (Å²) >= 11 is 0. The Kier molecular flexibility index (Phi) is 4.65. The number of amides is 1. The minimum Gasteiger partial charge on any atom is -0.370 e. The molecule has 0 aliphatic rings. The molecule has 7 nitrogen and oxygen atoms in total. The number of benzene rings is 1. The number of non-ortho nitro benzene ring substituents is 1. The van der Waals surface area contributed by atoms with Crippen molar-refractivity contribution in [2.75, 3.05) is 18.4 Å². The Hall–Kier alpha value is -2.70. The molecule has 0 unspecified atom stereocenters. The number of anilines is 1. The van der Waals surface area contributed by atoms with E-state index in [4.69, 9.17) is 0 Å². The molecule has 0 aliphatic carbocycles. The molecule has 0 aliphatic heterocycles. The van der Waals surface area contributed by atoms with Gasteiger partial charge in [-0.25, -0.2) is 4.98 Å². The van der Waals surface area contributed by atoms with Crippen molar-refractivity contribution in [2.24, 2.45) is 0 Å². The topological polar surface area (TPSA) is 97.2 Å². The van der Waals surface area contributed by atoms with E-state index >= 15 is 0 Å². The number of nitro benzene ring substituents is 1. The molecule has 0 fully saturated rings. The SMILES string of the molecule is CCNC(=O)CCNc1ccc2cc([N+](=O)[O-])ccc2n1. The van der Waals surface area contributed by atoms with Crippen LogP contribution < -0.4 is 10.6 Å². The first-order chi connectivity index (χ1) is 10.1. The molecule has 2 rings (SSSR count). The van der Waals surface area contributed by atoms with Crippen LogP contribution in [-0.2, 0) is 4.79 Å². The normalized spacial score (nSPS) is 10.3. The Morgan fingerprint density at radius 1 is 1.33 bits per heavy atom. The van der Waals surface area contributed by atoms with Crippen LogP contribution in [0.2, 0.25) is 0 Å². The molecule has 0 saturated carbocycles. The summed E-state index contributed by atoms with van der Waals surface area (Å²) in [5, 5.41) is 17.2. The molecule has 21 heavy (non-hydrogen) atoms. The van der Waals surface area contributed by atoms with Gasteiger partial charge in [0.2, 0.25) is 5.91 Å². The van der Waals surface area contributed by atoms with Crippen molar-refractivity contribution in [3.63, 3.8) is 0 Å². The number of nitro groups is 1. The number of nitrogens with zero attached hydrogens (tertiary/aromatic N) is 2. The van der Waals surface area contributed by atoms with Crippen molar-refractivity contribution in [3.8, 4) is 0 Å². The predicted molar refractivity (Wildman–Crippen MR) is 80.2 cm³/mol. The molecular weight excluding hydrogens is 272 g/mol. The summed E-state index contributed by atoms with van der Waals surface area (Å²) in [4.78, 5) is 25.9. The fourth-order valence-electron chi connectivity index (χ4n) is 1.91. The highest BCUT2D eigenvalue weighted by atomic mass is 16.6. The maximum atomic E-state index is 11.3. The van der Waals surface area contributed by atoms with Crippen LogP contribution in [0.25, 0.3) is 10.9 Å². The number of hydrogen-bond acceptors (Lipinski definition) is 5. The molecule has 7 heteroatoms. The van der Waals surface area contributed by atoms with Gasteiger partial charge in [0.15, 0.2) is 0 Å². The molecule has 0 radical (unpaired) electrons. The van der Waals surface area contributed by atoms with Crippen molar-refractivity contribution >= 4 is 28.3 Å². The molecule has 1 aromatic heterocycles. The van der Waals surface area contributed by atoms with E-state index in [1.54, 1.807) is 18.2 Å². The molecule has 0 atom stereocenters. The molecule has 1 heterocycles. The number of hydrogen-bond donors (Lipinski definition) is 2. The summed E-state index contributed by atoms with van der Waals surface area (Å²) in [5.74, 6) is 0.627. The number of rotatable bonds is 6. The van der Waals surface area contributed by atoms with E-state index in [1.165, 1.54) is 12.1 Å². The minimum atomic E-state index is -0.433. The maximum Gasteiger partial charge on any atom is 0.270 e. The smallest absolute Gasteiger partial charge is 0.270 e. The second-order valence-corrected chi connectivity index (χ2v) is 4.46. The van der Waals surface area contributed by atoms with Gasteiger partial charge in [0.25, 0.3) is 5.69 Å². The third-order valence-corrected chi connectivity index (χ3v) is 2.92. The van der Waals surface area contributed by atoms with Crippen molar-refractivity contribution in [1.29, 1.82) is 0 Å². The second kappa shape index (κ2) is 6.65. The van der Waals surface area contributed by atoms with Gasteiger partial charge in [0.1, 0.15) is 5.82 Å². The van der Waals surface area contributed by atoms with Gasteiger partial charge in [-0.15, -0.1) is 0 Å². The highest BCUT2D eigenvalue weighted by molar-refractivity contribution is 5.82. The van der Waals surface area contributed by atoms with Crippen molar-refractivity contribution < 1.29 is 9.72 Å². The summed E-state index contributed by atoms with van der Waals surface area (Å²) in [6.45, 7) is 2.97. The van der Waals surface area contributed by atoms with E-state index in [-0.39, 0.29) is 11.6 Å². The maximum absolute atomic E-state index is 11.3. The molecule has 0 saturated heterocycles. The van der Waals surface area contributed by atoms with Crippen LogP contribution in [0, 0.1) is 10.1 Å². The molecule has 1 amide bonds. The predicted octanol–water partition coefficient (Wildman–Crippen LogP) is 2.08. The Bertz CT molecular complexity index is 672. The van der Waals surface area contributed by atoms with E-state index in [0.29, 0.717) is 36.2 Å². The van der Waals surface area contributed by atoms with Gasteiger partial charge >= 0.3 is 0 Å². The fraction of sp³-hybridized carbons (Fsp3) is 0.286. The Morgan fingerprint density at radius 3 is 2.86 bits per heavy atom. The molecule has 0 spiro atoms. The first kappa shape index (κ1) is 14.7. The average Bonchev–Trinajstić information content (AvgIpc) is 2.46. The van der Waals surface area contributed by atoms with Gasteiger partial charge in [-0.2, -0.15) is 0 Å². The zero-order valence-electron chi connectivity index (χ0n) is 11.6. The number of aromatic nitrogens is 1. The van der Waals surface area contributed by atoms with E-state index in [1.807, 2.05) is 6.92 Å². The summed E-state index contributed by atoms with van der Waals surface area (Å²) in [7, 11) is 0. The fourth-order valence-corrected chi connectivity index (χ4v) is 1.91. The summed E-state index contributed by atoms with van der Waals surface area (Å²) < 4.78 is 0. The highest BCUT2D eigenvalue weighted by Gasteiger charge is 2.07. The van der Waals surface area contributed by atoms with Gasteiger partial charge < -0.3 is 10.6 Å². The lowest BCUT2D eigenvalue weighted by Crippen LogP contribution is -2.24. The molecule has 1 aromatic carbocycles.